The Morgan fingerprint density at radius 2 is 2.00 bits per heavy atom. The molecule has 5 N–H and O–H groups in total. The fraction of sp³-hybridized carbons (Fsp3) is 0.0833. The second-order valence-corrected chi connectivity index (χ2v) is 5.04. The van der Waals surface area contributed by atoms with Crippen molar-refractivity contribution in [2.45, 2.75) is 6.04 Å². The van der Waals surface area contributed by atoms with E-state index < -0.39 is 0 Å². The van der Waals surface area contributed by atoms with Crippen LogP contribution in [0.15, 0.2) is 41.0 Å². The normalized spacial score (nSPS) is 12.4. The molecule has 0 saturated heterocycles. The number of benzene rings is 1. The van der Waals surface area contributed by atoms with Crippen molar-refractivity contribution in [2.75, 3.05) is 5.73 Å². The number of nitrogens with two attached hydrogens (primary N) is 2. The summed E-state index contributed by atoms with van der Waals surface area (Å²) in [7, 11) is 0. The molecule has 6 heteroatoms. The second kappa shape index (κ2) is 5.67. The molecule has 0 fully saturated rings. The highest BCUT2D eigenvalue weighted by atomic mass is 79.9. The highest BCUT2D eigenvalue weighted by molar-refractivity contribution is 9.10. The SMILES string of the molecule is NNC(c1ccccc1Br)c1cc(Cl)cnc1N. The minimum absolute atomic E-state index is 0.272. The van der Waals surface area contributed by atoms with E-state index in [1.54, 1.807) is 6.07 Å². The largest absolute Gasteiger partial charge is 0.383 e. The number of pyridine rings is 1. The Morgan fingerprint density at radius 1 is 1.28 bits per heavy atom. The lowest BCUT2D eigenvalue weighted by atomic mass is 10.00. The van der Waals surface area contributed by atoms with Crippen LogP contribution in [0.2, 0.25) is 5.02 Å². The molecule has 1 unspecified atom stereocenters. The van der Waals surface area contributed by atoms with E-state index in [4.69, 9.17) is 23.2 Å². The van der Waals surface area contributed by atoms with E-state index in [1.165, 1.54) is 6.20 Å². The number of aromatic nitrogens is 1. The lowest BCUT2D eigenvalue weighted by Crippen LogP contribution is -2.30. The quantitative estimate of drug-likeness (QED) is 0.598. The minimum Gasteiger partial charge on any atom is -0.383 e. The lowest BCUT2D eigenvalue weighted by molar-refractivity contribution is 0.634. The molecule has 0 aliphatic carbocycles. The van der Waals surface area contributed by atoms with Gasteiger partial charge in [-0.2, -0.15) is 0 Å². The number of hydrazine groups is 1. The van der Waals surface area contributed by atoms with Crippen LogP contribution < -0.4 is 17.0 Å². The van der Waals surface area contributed by atoms with Crippen molar-refractivity contribution < 1.29 is 0 Å². The van der Waals surface area contributed by atoms with Gasteiger partial charge in [0.1, 0.15) is 5.82 Å². The van der Waals surface area contributed by atoms with Crippen LogP contribution in [0.4, 0.5) is 5.82 Å². The van der Waals surface area contributed by atoms with Gasteiger partial charge in [0.15, 0.2) is 0 Å². The third kappa shape index (κ3) is 2.64. The first-order chi connectivity index (χ1) is 8.63. The first-order valence-electron chi connectivity index (χ1n) is 5.25. The van der Waals surface area contributed by atoms with Gasteiger partial charge in [-0.3, -0.25) is 5.84 Å². The van der Waals surface area contributed by atoms with Crippen molar-refractivity contribution in [1.29, 1.82) is 0 Å². The highest BCUT2D eigenvalue weighted by Gasteiger charge is 2.18. The number of halogens is 2. The molecule has 0 saturated carbocycles. The van der Waals surface area contributed by atoms with Crippen molar-refractivity contribution >= 4 is 33.3 Å². The minimum atomic E-state index is -0.272. The summed E-state index contributed by atoms with van der Waals surface area (Å²) in [5, 5.41) is 0.520. The van der Waals surface area contributed by atoms with Gasteiger partial charge in [-0.05, 0) is 17.7 Å². The van der Waals surface area contributed by atoms with E-state index in [9.17, 15) is 0 Å². The lowest BCUT2D eigenvalue weighted by Gasteiger charge is -2.19. The molecule has 1 aromatic carbocycles. The summed E-state index contributed by atoms with van der Waals surface area (Å²) in [5.41, 5.74) is 10.3. The molecular weight excluding hydrogens is 316 g/mol. The Labute approximate surface area is 118 Å². The van der Waals surface area contributed by atoms with Gasteiger partial charge in [0, 0.05) is 16.2 Å². The third-order valence-electron chi connectivity index (χ3n) is 2.61. The molecule has 94 valence electrons. The van der Waals surface area contributed by atoms with E-state index in [-0.39, 0.29) is 6.04 Å². The van der Waals surface area contributed by atoms with E-state index in [1.807, 2.05) is 24.3 Å². The first-order valence-corrected chi connectivity index (χ1v) is 6.42. The van der Waals surface area contributed by atoms with Crippen LogP contribution in [0.25, 0.3) is 0 Å². The van der Waals surface area contributed by atoms with Crippen molar-refractivity contribution in [1.82, 2.24) is 10.4 Å². The maximum Gasteiger partial charge on any atom is 0.128 e. The van der Waals surface area contributed by atoms with Crippen LogP contribution in [0.3, 0.4) is 0 Å². The van der Waals surface area contributed by atoms with Crippen LogP contribution in [0.1, 0.15) is 17.2 Å². The van der Waals surface area contributed by atoms with Crippen LogP contribution in [0, 0.1) is 0 Å². The maximum absolute atomic E-state index is 5.95. The maximum atomic E-state index is 5.95. The number of nitrogen functional groups attached to an aromatic ring is 1. The molecule has 0 aliphatic heterocycles. The fourth-order valence-corrected chi connectivity index (χ4v) is 2.43. The van der Waals surface area contributed by atoms with Crippen molar-refractivity contribution in [3.05, 3.63) is 57.2 Å². The van der Waals surface area contributed by atoms with Crippen molar-refractivity contribution in [3.63, 3.8) is 0 Å². The summed E-state index contributed by atoms with van der Waals surface area (Å²) in [6.07, 6.45) is 1.51. The summed E-state index contributed by atoms with van der Waals surface area (Å²) in [6, 6.07) is 9.24. The number of anilines is 1. The van der Waals surface area contributed by atoms with Crippen LogP contribution in [-0.4, -0.2) is 4.98 Å². The Balaban J connectivity index is 2.52. The Morgan fingerprint density at radius 3 is 2.67 bits per heavy atom. The summed E-state index contributed by atoms with van der Waals surface area (Å²) in [4.78, 5) is 4.04. The monoisotopic (exact) mass is 326 g/mol. The van der Waals surface area contributed by atoms with E-state index in [2.05, 4.69) is 26.3 Å². The van der Waals surface area contributed by atoms with Gasteiger partial charge in [-0.15, -0.1) is 0 Å². The van der Waals surface area contributed by atoms with Crippen LogP contribution in [0.5, 0.6) is 0 Å². The van der Waals surface area contributed by atoms with Crippen LogP contribution >= 0.6 is 27.5 Å². The topological polar surface area (TPSA) is 77.0 Å². The van der Waals surface area contributed by atoms with Gasteiger partial charge in [0.2, 0.25) is 0 Å². The molecule has 4 nitrogen and oxygen atoms in total. The van der Waals surface area contributed by atoms with Gasteiger partial charge in [-0.1, -0.05) is 45.7 Å². The molecule has 1 atom stereocenters. The van der Waals surface area contributed by atoms with Gasteiger partial charge in [0.05, 0.1) is 11.1 Å². The van der Waals surface area contributed by atoms with E-state index in [0.29, 0.717) is 10.8 Å². The number of nitrogens with zero attached hydrogens (tertiary/aromatic N) is 1. The Bertz CT molecular complexity index is 562. The van der Waals surface area contributed by atoms with Gasteiger partial charge in [-0.25, -0.2) is 10.4 Å². The van der Waals surface area contributed by atoms with Gasteiger partial charge < -0.3 is 5.73 Å². The highest BCUT2D eigenvalue weighted by Crippen LogP contribution is 2.31. The molecular formula is C12H12BrClN4. The van der Waals surface area contributed by atoms with E-state index >= 15 is 0 Å². The summed E-state index contributed by atoms with van der Waals surface area (Å²) in [5.74, 6) is 6.03. The standard InChI is InChI=1S/C12H12BrClN4/c13-10-4-2-1-3-8(10)11(18-16)9-5-7(14)6-17-12(9)15/h1-6,11,18H,16H2,(H2,15,17). The summed E-state index contributed by atoms with van der Waals surface area (Å²) < 4.78 is 0.937. The molecule has 2 rings (SSSR count). The van der Waals surface area contributed by atoms with Gasteiger partial charge >= 0.3 is 0 Å². The summed E-state index contributed by atoms with van der Waals surface area (Å²) >= 11 is 9.44. The smallest absolute Gasteiger partial charge is 0.128 e. The molecule has 0 amide bonds. The Hall–Kier alpha value is -1.14. The zero-order valence-electron chi connectivity index (χ0n) is 9.40. The molecule has 18 heavy (non-hydrogen) atoms. The molecule has 2 aromatic rings. The Kier molecular flexibility index (Phi) is 4.19. The van der Waals surface area contributed by atoms with Crippen molar-refractivity contribution in [3.8, 4) is 0 Å². The number of nitrogens with one attached hydrogen (secondary N) is 1. The average molecular weight is 328 g/mol. The molecule has 0 spiro atoms. The van der Waals surface area contributed by atoms with Gasteiger partial charge in [0.25, 0.3) is 0 Å². The zero-order chi connectivity index (χ0) is 13.1. The van der Waals surface area contributed by atoms with Crippen molar-refractivity contribution in [2.24, 2.45) is 5.84 Å². The number of hydrogen-bond donors (Lipinski definition) is 3. The molecule has 1 heterocycles. The zero-order valence-corrected chi connectivity index (χ0v) is 11.7. The van der Waals surface area contributed by atoms with E-state index in [0.717, 1.165) is 15.6 Å². The molecule has 1 aromatic heterocycles. The second-order valence-electron chi connectivity index (χ2n) is 3.75. The predicted octanol–water partition coefficient (Wildman–Crippen LogP) is 2.63. The number of rotatable bonds is 3. The molecule has 0 aliphatic rings. The summed E-state index contributed by atoms with van der Waals surface area (Å²) in [6.45, 7) is 0. The average Bonchev–Trinajstić information content (AvgIpc) is 2.36. The molecule has 0 radical (unpaired) electrons. The third-order valence-corrected chi connectivity index (χ3v) is 3.54. The number of hydrogen-bond acceptors (Lipinski definition) is 4. The fourth-order valence-electron chi connectivity index (χ4n) is 1.75. The first kappa shape index (κ1) is 13.3. The molecule has 0 bridgehead atoms. The predicted molar refractivity (Wildman–Crippen MR) is 77.0 cm³/mol. The van der Waals surface area contributed by atoms with Crippen LogP contribution in [-0.2, 0) is 0 Å².